The zero-order valence-electron chi connectivity index (χ0n) is 18.0. The molecule has 0 bridgehead atoms. The molecule has 2 N–H and O–H groups in total. The topological polar surface area (TPSA) is 50.8 Å². The van der Waals surface area contributed by atoms with Crippen LogP contribution in [0, 0.1) is 6.92 Å². The Labute approximate surface area is 183 Å². The summed E-state index contributed by atoms with van der Waals surface area (Å²) in [5.41, 5.74) is 9.47. The van der Waals surface area contributed by atoms with Crippen LogP contribution >= 0.6 is 0 Å². The summed E-state index contributed by atoms with van der Waals surface area (Å²) in [5.74, 6) is -0.0214. The fourth-order valence-corrected chi connectivity index (χ4v) is 5.23. The van der Waals surface area contributed by atoms with Gasteiger partial charge in [-0.1, -0.05) is 48.0 Å². The molecule has 31 heavy (non-hydrogen) atoms. The molecule has 1 aliphatic carbocycles. The van der Waals surface area contributed by atoms with Crippen molar-refractivity contribution < 1.29 is 9.69 Å². The highest BCUT2D eigenvalue weighted by Gasteiger charge is 2.38. The predicted molar refractivity (Wildman–Crippen MR) is 125 cm³/mol. The number of rotatable bonds is 5. The molecule has 0 fully saturated rings. The van der Waals surface area contributed by atoms with E-state index in [-0.39, 0.29) is 5.91 Å². The quantitative estimate of drug-likeness (QED) is 0.490. The summed E-state index contributed by atoms with van der Waals surface area (Å²) in [4.78, 5) is 13.9. The Morgan fingerprint density at radius 3 is 3.00 bits per heavy atom. The fraction of sp³-hybridized carbons (Fsp3) is 0.308. The second kappa shape index (κ2) is 8.52. The van der Waals surface area contributed by atoms with Gasteiger partial charge in [0.25, 0.3) is 5.91 Å². The number of hydrogen-bond acceptors (Lipinski definition) is 2. The van der Waals surface area contributed by atoms with E-state index in [2.05, 4.69) is 40.2 Å². The summed E-state index contributed by atoms with van der Waals surface area (Å²) in [5, 5.41) is 5.51. The van der Waals surface area contributed by atoms with E-state index in [4.69, 9.17) is 0 Å². The molecule has 0 saturated carbocycles. The van der Waals surface area contributed by atoms with Crippen LogP contribution in [0.15, 0.2) is 59.7 Å². The van der Waals surface area contributed by atoms with Crippen molar-refractivity contribution in [3.8, 4) is 0 Å². The summed E-state index contributed by atoms with van der Waals surface area (Å²) in [6.45, 7) is 4.57. The number of nitrogens with zero attached hydrogens (tertiary/aromatic N) is 2. The number of hydrogen-bond donors (Lipinski definition) is 2. The molecule has 158 valence electrons. The Morgan fingerprint density at radius 2 is 2.13 bits per heavy atom. The average Bonchev–Trinajstić information content (AvgIpc) is 3.10. The molecule has 1 unspecified atom stereocenters. The highest BCUT2D eigenvalue weighted by Crippen LogP contribution is 2.37. The minimum Gasteiger partial charge on any atom is -0.334 e. The third-order valence-corrected chi connectivity index (χ3v) is 6.59. The molecule has 1 aromatic heterocycles. The van der Waals surface area contributed by atoms with E-state index in [0.29, 0.717) is 12.6 Å². The van der Waals surface area contributed by atoms with Gasteiger partial charge in [0.15, 0.2) is 6.54 Å². The lowest BCUT2D eigenvalue weighted by molar-refractivity contribution is -0.929. The maximum atomic E-state index is 12.6. The van der Waals surface area contributed by atoms with Crippen LogP contribution in [0.2, 0.25) is 0 Å². The fourth-order valence-electron chi connectivity index (χ4n) is 5.23. The highest BCUT2D eigenvalue weighted by molar-refractivity contribution is 5.87. The summed E-state index contributed by atoms with van der Waals surface area (Å²) >= 11 is 0. The number of carbonyl (C=O) groups is 1. The van der Waals surface area contributed by atoms with Crippen LogP contribution in [-0.4, -0.2) is 29.8 Å². The molecular weight excluding hydrogens is 384 g/mol. The summed E-state index contributed by atoms with van der Waals surface area (Å²) in [7, 11) is 0. The van der Waals surface area contributed by atoms with Gasteiger partial charge >= 0.3 is 0 Å². The van der Waals surface area contributed by atoms with Gasteiger partial charge in [0.05, 0.1) is 18.8 Å². The van der Waals surface area contributed by atoms with E-state index in [9.17, 15) is 4.79 Å². The Morgan fingerprint density at radius 1 is 1.26 bits per heavy atom. The normalized spacial score (nSPS) is 20.4. The standard InChI is InChI=1S/C26H28N4O/c1-19-12-13-23-22(17-19)21-10-5-11-24-26(21)30(23)16-15-29(24)18-25(31)28-27-14-6-9-20-7-3-2-4-8-20/h2-4,6-9,12-14,17,24H,5,10-11,15-16,18H2,1H3,(H,28,31)/p+1/b9-6+,27-14-/t24-/m0/s1. The van der Waals surface area contributed by atoms with Crippen LogP contribution < -0.4 is 10.3 Å². The van der Waals surface area contributed by atoms with Crippen molar-refractivity contribution >= 4 is 29.1 Å². The van der Waals surface area contributed by atoms with E-state index in [1.807, 2.05) is 42.5 Å². The molecule has 2 aromatic carbocycles. The van der Waals surface area contributed by atoms with Crippen molar-refractivity contribution in [2.24, 2.45) is 5.10 Å². The lowest BCUT2D eigenvalue weighted by Gasteiger charge is -2.36. The molecule has 0 radical (unpaired) electrons. The molecule has 5 rings (SSSR count). The average molecular weight is 414 g/mol. The summed E-state index contributed by atoms with van der Waals surface area (Å²) in [6.07, 6.45) is 8.94. The third kappa shape index (κ3) is 3.93. The Hall–Kier alpha value is -3.18. The van der Waals surface area contributed by atoms with Gasteiger partial charge in [-0.3, -0.25) is 4.79 Å². The first-order valence-electron chi connectivity index (χ1n) is 11.2. The van der Waals surface area contributed by atoms with Crippen LogP contribution in [0.1, 0.15) is 41.3 Å². The molecule has 0 saturated heterocycles. The van der Waals surface area contributed by atoms with Gasteiger partial charge in [-0.2, -0.15) is 5.10 Å². The molecule has 5 heteroatoms. The number of aromatic nitrogens is 1. The van der Waals surface area contributed by atoms with Crippen LogP contribution in [0.4, 0.5) is 0 Å². The Bertz CT molecular complexity index is 1160. The minimum absolute atomic E-state index is 0.0214. The Balaban J connectivity index is 1.26. The zero-order valence-corrected chi connectivity index (χ0v) is 18.0. The van der Waals surface area contributed by atoms with E-state index in [1.165, 1.54) is 39.0 Å². The number of allylic oxidation sites excluding steroid dienone is 1. The smallest absolute Gasteiger partial charge is 0.295 e. The lowest BCUT2D eigenvalue weighted by Crippen LogP contribution is -3.14. The van der Waals surface area contributed by atoms with Crippen LogP contribution in [0.3, 0.4) is 0 Å². The number of carbonyl (C=O) groups excluding carboxylic acids is 1. The molecular formula is C26H29N4O+. The molecule has 1 aliphatic heterocycles. The molecule has 3 aromatic rings. The zero-order chi connectivity index (χ0) is 21.2. The first kappa shape index (κ1) is 19.8. The number of quaternary nitrogens is 1. The van der Waals surface area contributed by atoms with Gasteiger partial charge in [-0.05, 0) is 49.1 Å². The van der Waals surface area contributed by atoms with Gasteiger partial charge in [0.1, 0.15) is 6.04 Å². The molecule has 5 nitrogen and oxygen atoms in total. The van der Waals surface area contributed by atoms with Crippen LogP contribution in [-0.2, 0) is 17.8 Å². The van der Waals surface area contributed by atoms with Gasteiger partial charge in [0.2, 0.25) is 0 Å². The van der Waals surface area contributed by atoms with Gasteiger partial charge < -0.3 is 9.47 Å². The van der Waals surface area contributed by atoms with Gasteiger partial charge in [-0.25, -0.2) is 5.43 Å². The SMILES string of the molecule is Cc1ccc2c(c1)c1c3n2CC[NH+](CC(=O)N/N=C\C=C\c2ccccc2)[C@H]3CCC1. The lowest BCUT2D eigenvalue weighted by atomic mass is 9.89. The minimum atomic E-state index is -0.0214. The van der Waals surface area contributed by atoms with Crippen LogP contribution in [0.25, 0.3) is 17.0 Å². The van der Waals surface area contributed by atoms with E-state index < -0.39 is 0 Å². The third-order valence-electron chi connectivity index (χ3n) is 6.59. The molecule has 2 heterocycles. The maximum Gasteiger partial charge on any atom is 0.295 e. The van der Waals surface area contributed by atoms with Crippen molar-refractivity contribution in [2.45, 2.75) is 38.8 Å². The van der Waals surface area contributed by atoms with E-state index in [1.54, 1.807) is 6.21 Å². The van der Waals surface area contributed by atoms with Gasteiger partial charge in [0, 0.05) is 23.5 Å². The molecule has 0 spiro atoms. The number of nitrogens with one attached hydrogen (secondary N) is 2. The van der Waals surface area contributed by atoms with Crippen molar-refractivity contribution in [3.63, 3.8) is 0 Å². The number of hydrazone groups is 1. The largest absolute Gasteiger partial charge is 0.334 e. The number of amides is 1. The van der Waals surface area contributed by atoms with Gasteiger partial charge in [-0.15, -0.1) is 0 Å². The first-order valence-corrected chi connectivity index (χ1v) is 11.2. The number of fused-ring (bicyclic) bond motifs is 3. The van der Waals surface area contributed by atoms with E-state index >= 15 is 0 Å². The second-order valence-corrected chi connectivity index (χ2v) is 8.65. The molecule has 1 amide bonds. The molecule has 2 aliphatic rings. The van der Waals surface area contributed by atoms with Crippen molar-refractivity contribution in [1.82, 2.24) is 9.99 Å². The van der Waals surface area contributed by atoms with Crippen molar-refractivity contribution in [1.29, 1.82) is 0 Å². The highest BCUT2D eigenvalue weighted by atomic mass is 16.2. The Kier molecular flexibility index (Phi) is 5.43. The molecule has 2 atom stereocenters. The van der Waals surface area contributed by atoms with Crippen LogP contribution in [0.5, 0.6) is 0 Å². The predicted octanol–water partition coefficient (Wildman–Crippen LogP) is 3.04. The summed E-state index contributed by atoms with van der Waals surface area (Å²) in [6, 6.07) is 17.3. The van der Waals surface area contributed by atoms with E-state index in [0.717, 1.165) is 31.5 Å². The second-order valence-electron chi connectivity index (χ2n) is 8.65. The number of benzene rings is 2. The number of aryl methyl sites for hydroxylation is 2. The first-order chi connectivity index (χ1) is 15.2. The monoisotopic (exact) mass is 413 g/mol. The maximum absolute atomic E-state index is 12.6. The summed E-state index contributed by atoms with van der Waals surface area (Å²) < 4.78 is 2.52. The van der Waals surface area contributed by atoms with Crippen molar-refractivity contribution in [3.05, 3.63) is 77.0 Å². The van der Waals surface area contributed by atoms with Crippen molar-refractivity contribution in [2.75, 3.05) is 13.1 Å².